The molecule has 17 heteroatoms. The van der Waals surface area contributed by atoms with Gasteiger partial charge in [-0.25, -0.2) is 8.42 Å². The molecule has 73 heavy (non-hydrogen) atoms. The fourth-order valence-electron chi connectivity index (χ4n) is 9.29. The molecule has 2 fully saturated rings. The molecule has 1 saturated heterocycles. The topological polar surface area (TPSA) is 246 Å². The number of amides is 2. The van der Waals surface area contributed by atoms with E-state index in [9.17, 15) is 28.8 Å². The van der Waals surface area contributed by atoms with Crippen LogP contribution in [0.2, 0.25) is 0 Å². The van der Waals surface area contributed by atoms with Crippen LogP contribution in [0.3, 0.4) is 0 Å². The van der Waals surface area contributed by atoms with Crippen LogP contribution in [0.4, 0.5) is 0 Å². The number of aryl methyl sites for hydroxylation is 2. The Kier molecular flexibility index (Phi) is 24.9. The van der Waals surface area contributed by atoms with E-state index in [4.69, 9.17) is 33.0 Å². The van der Waals surface area contributed by atoms with Gasteiger partial charge >= 0.3 is 5.97 Å². The standard InChI is InChI=1S/C54H72N4O8.CH4O3S.CH4O/c1-36(2)26-47(49(61)32-44(29-41-16-12-9-13-17-41)53(64)57-48(27-37(3)4)51(62)54(7)20-21-54)56-52(63)43(19-18-40-14-10-8-11-15-40)31-46(60)35-58(22-24-65-25-23-58)34-42-28-38(5)50(66-39(6)59)45(30-42)33-55;1-5(2,3)4;1-2/h8-17,28,30,33,36-37,43-44,47-48,55H,18-27,29,31-32,34-35H2,1-7H3,(H-,56,57,63,64);1H3,(H,2,3,4);2H,1H3/t43-,44-,47+,48+;;/m1../s1. The summed E-state index contributed by atoms with van der Waals surface area (Å²) in [5.74, 6) is -2.46. The van der Waals surface area contributed by atoms with E-state index in [0.29, 0.717) is 92.6 Å². The number of hydrogen-bond acceptors (Lipinski definition) is 13. The van der Waals surface area contributed by atoms with Gasteiger partial charge in [0.15, 0.2) is 17.3 Å². The van der Waals surface area contributed by atoms with E-state index in [-0.39, 0.29) is 60.4 Å². The number of rotatable bonds is 26. The number of benzene rings is 3. The van der Waals surface area contributed by atoms with Crippen LogP contribution in [-0.4, -0.2) is 122 Å². The Morgan fingerprint density at radius 1 is 0.822 bits per heavy atom. The van der Waals surface area contributed by atoms with E-state index in [1.54, 1.807) is 0 Å². The Bertz CT molecular complexity index is 2410. The molecule has 0 spiro atoms. The number of hydrogen-bond donors (Lipinski definition) is 4. The molecule has 2 aliphatic rings. The van der Waals surface area contributed by atoms with Crippen molar-refractivity contribution < 1.29 is 60.8 Å². The van der Waals surface area contributed by atoms with Gasteiger partial charge in [-0.1, -0.05) is 95.3 Å². The van der Waals surface area contributed by atoms with Gasteiger partial charge in [0.05, 0.1) is 35.4 Å². The number of quaternary nitrogens is 1. The van der Waals surface area contributed by atoms with Crippen LogP contribution >= 0.6 is 0 Å². The van der Waals surface area contributed by atoms with Gasteiger partial charge in [-0.15, -0.1) is 0 Å². The number of aliphatic hydroxyl groups excluding tert-OH is 1. The largest absolute Gasteiger partial charge is 0.748 e. The highest BCUT2D eigenvalue weighted by Crippen LogP contribution is 2.47. The molecule has 16 nitrogen and oxygen atoms in total. The second-order valence-electron chi connectivity index (χ2n) is 20.8. The summed E-state index contributed by atoms with van der Waals surface area (Å²) >= 11 is 0. The Morgan fingerprint density at radius 3 is 1.86 bits per heavy atom. The van der Waals surface area contributed by atoms with Gasteiger partial charge in [0.25, 0.3) is 0 Å². The molecule has 1 saturated carbocycles. The Labute approximate surface area is 433 Å². The SMILES string of the molecule is CC(=O)Oc1c(C)cc(C[N+]2(CC(=O)C[C@@H](CCc3ccccc3)C(=O)N[C@@H](CC(C)C)C(=O)C[C@@H](Cc3ccccc3)C(=O)N[C@@H](CC(C)C)C(=O)C3(C)CC3)CCOCC2)cc1C=N.CO.CS(=O)(=O)[O-]. The van der Waals surface area contributed by atoms with E-state index >= 15 is 0 Å². The van der Waals surface area contributed by atoms with E-state index in [2.05, 4.69) is 10.6 Å². The lowest BCUT2D eigenvalue weighted by molar-refractivity contribution is -0.940. The number of esters is 1. The monoisotopic (exact) mass is 1030 g/mol. The molecule has 4 N–H and O–H groups in total. The number of carbonyl (C=O) groups is 6. The smallest absolute Gasteiger partial charge is 0.308 e. The molecule has 0 bridgehead atoms. The summed E-state index contributed by atoms with van der Waals surface area (Å²) in [5.41, 5.74) is 3.56. The summed E-state index contributed by atoms with van der Waals surface area (Å²) in [7, 11) is -2.92. The molecule has 2 amide bonds. The first-order chi connectivity index (χ1) is 34.4. The first-order valence-electron chi connectivity index (χ1n) is 25.3. The average molecular weight is 1030 g/mol. The van der Waals surface area contributed by atoms with Crippen molar-refractivity contribution in [3.63, 3.8) is 0 Å². The minimum Gasteiger partial charge on any atom is -0.748 e. The molecule has 1 aliphatic carbocycles. The minimum atomic E-state index is -3.92. The Morgan fingerprint density at radius 2 is 1.34 bits per heavy atom. The fraction of sp³-hybridized carbons (Fsp3) is 0.554. The molecule has 1 aliphatic heterocycles. The molecule has 4 atom stereocenters. The Hall–Kier alpha value is -5.46. The maximum absolute atomic E-state index is 14.6. The average Bonchev–Trinajstić information content (AvgIpc) is 4.08. The molecule has 5 rings (SSSR count). The normalized spacial score (nSPS) is 16.2. The number of ketones is 3. The molecular weight excluding hydrogens is 953 g/mol. The first kappa shape index (κ1) is 61.8. The van der Waals surface area contributed by atoms with Crippen LogP contribution in [0.5, 0.6) is 5.75 Å². The van der Waals surface area contributed by atoms with E-state index in [1.165, 1.54) is 6.92 Å². The summed E-state index contributed by atoms with van der Waals surface area (Å²) < 4.78 is 38.8. The maximum Gasteiger partial charge on any atom is 0.308 e. The number of carbonyl (C=O) groups excluding carboxylic acids is 6. The van der Waals surface area contributed by atoms with Crippen LogP contribution in [0, 0.1) is 41.4 Å². The summed E-state index contributed by atoms with van der Waals surface area (Å²) in [6.45, 7) is 15.8. The van der Waals surface area contributed by atoms with Crippen LogP contribution in [0.25, 0.3) is 0 Å². The van der Waals surface area contributed by atoms with Crippen molar-refractivity contribution in [3.8, 4) is 5.75 Å². The van der Waals surface area contributed by atoms with Crippen molar-refractivity contribution in [1.29, 1.82) is 5.41 Å². The molecule has 3 aromatic carbocycles. The number of aliphatic hydroxyl groups is 1. The minimum absolute atomic E-state index is 0.0263. The summed E-state index contributed by atoms with van der Waals surface area (Å²) in [6, 6.07) is 21.6. The third-order valence-corrected chi connectivity index (χ3v) is 13.2. The van der Waals surface area contributed by atoms with Gasteiger partial charge in [0.2, 0.25) is 11.8 Å². The molecule has 3 aromatic rings. The molecule has 0 aromatic heterocycles. The van der Waals surface area contributed by atoms with E-state index in [1.807, 2.05) is 114 Å². The highest BCUT2D eigenvalue weighted by Gasteiger charge is 2.48. The number of morpholine rings is 1. The lowest BCUT2D eigenvalue weighted by Crippen LogP contribution is -2.57. The second kappa shape index (κ2) is 29.4. The molecular formula is C56H80N4O12S. The van der Waals surface area contributed by atoms with Crippen molar-refractivity contribution in [2.45, 2.75) is 125 Å². The maximum atomic E-state index is 14.6. The first-order valence-corrected chi connectivity index (χ1v) is 27.1. The van der Waals surface area contributed by atoms with Crippen molar-refractivity contribution in [1.82, 2.24) is 10.6 Å². The molecule has 0 unspecified atom stereocenters. The van der Waals surface area contributed by atoms with Gasteiger partial charge in [-0.3, -0.25) is 28.8 Å². The van der Waals surface area contributed by atoms with Crippen molar-refractivity contribution in [2.24, 2.45) is 29.1 Å². The van der Waals surface area contributed by atoms with Crippen molar-refractivity contribution in [3.05, 3.63) is 101 Å². The summed E-state index contributed by atoms with van der Waals surface area (Å²) in [5, 5.41) is 21.2. The van der Waals surface area contributed by atoms with Gasteiger partial charge in [0.1, 0.15) is 31.9 Å². The van der Waals surface area contributed by atoms with Crippen LogP contribution in [0.15, 0.2) is 72.8 Å². The molecule has 0 radical (unpaired) electrons. The van der Waals surface area contributed by atoms with Crippen LogP contribution in [-0.2, 0) is 63.0 Å². The fourth-order valence-corrected chi connectivity index (χ4v) is 9.29. The van der Waals surface area contributed by atoms with Crippen LogP contribution < -0.4 is 15.4 Å². The predicted molar refractivity (Wildman–Crippen MR) is 280 cm³/mol. The van der Waals surface area contributed by atoms with Gasteiger partial charge in [-0.2, -0.15) is 0 Å². The summed E-state index contributed by atoms with van der Waals surface area (Å²) in [4.78, 5) is 83.3. The zero-order valence-electron chi connectivity index (χ0n) is 44.4. The summed E-state index contributed by atoms with van der Waals surface area (Å²) in [6.07, 6.45) is 5.29. The third kappa shape index (κ3) is 21.9. The van der Waals surface area contributed by atoms with Crippen molar-refractivity contribution >= 4 is 51.5 Å². The quantitative estimate of drug-likeness (QED) is 0.0222. The van der Waals surface area contributed by atoms with Crippen molar-refractivity contribution in [2.75, 3.05) is 46.2 Å². The molecule has 1 heterocycles. The predicted octanol–water partition coefficient (Wildman–Crippen LogP) is 6.49. The second-order valence-corrected chi connectivity index (χ2v) is 22.2. The highest BCUT2D eigenvalue weighted by molar-refractivity contribution is 7.84. The number of ether oxygens (including phenoxy) is 2. The zero-order valence-corrected chi connectivity index (χ0v) is 45.2. The number of nitrogens with one attached hydrogen (secondary N) is 3. The zero-order chi connectivity index (χ0) is 54.5. The highest BCUT2D eigenvalue weighted by atomic mass is 32.2. The Balaban J connectivity index is 0.00000189. The van der Waals surface area contributed by atoms with E-state index in [0.717, 1.165) is 42.9 Å². The van der Waals surface area contributed by atoms with Gasteiger partial charge in [0, 0.05) is 67.7 Å². The third-order valence-electron chi connectivity index (χ3n) is 13.2. The lowest BCUT2D eigenvalue weighted by atomic mass is 9.87. The molecule has 402 valence electrons. The van der Waals surface area contributed by atoms with Crippen LogP contribution in [0.1, 0.15) is 114 Å². The van der Waals surface area contributed by atoms with Gasteiger partial charge in [-0.05, 0) is 92.5 Å². The number of nitrogens with zero attached hydrogens (tertiary/aromatic N) is 1. The van der Waals surface area contributed by atoms with Gasteiger partial charge < -0.3 is 39.7 Å². The van der Waals surface area contributed by atoms with E-state index < -0.39 is 45.4 Å². The number of Topliss-reactive ketones (excluding diaryl/α,β-unsaturated/α-hetero) is 3. The lowest BCUT2D eigenvalue weighted by Gasteiger charge is -2.41.